The summed E-state index contributed by atoms with van der Waals surface area (Å²) in [5.74, 6) is 0.584. The first kappa shape index (κ1) is 17.3. The third kappa shape index (κ3) is 5.26. The first-order valence-corrected chi connectivity index (χ1v) is 8.41. The molecule has 1 heterocycles. The van der Waals surface area contributed by atoms with Crippen molar-refractivity contribution in [2.75, 3.05) is 18.1 Å². The summed E-state index contributed by atoms with van der Waals surface area (Å²) in [6.45, 7) is 0. The Labute approximate surface area is 143 Å². The van der Waals surface area contributed by atoms with E-state index in [9.17, 15) is 9.59 Å². The summed E-state index contributed by atoms with van der Waals surface area (Å²) in [6.07, 6.45) is 3.48. The largest absolute Gasteiger partial charge is 0.355 e. The molecule has 2 aromatic rings. The van der Waals surface area contributed by atoms with Crippen molar-refractivity contribution in [1.82, 2.24) is 10.3 Å². The molecule has 2 amide bonds. The molecule has 0 aliphatic rings. The molecule has 0 fully saturated rings. The monoisotopic (exact) mass is 349 g/mol. The Bertz CT molecular complexity index is 695. The molecular formula is C16H16ClN3O2S. The maximum Gasteiger partial charge on any atom is 0.251 e. The lowest BCUT2D eigenvalue weighted by Crippen LogP contribution is -2.19. The lowest BCUT2D eigenvalue weighted by atomic mass is 10.2. The Morgan fingerprint density at radius 3 is 2.83 bits per heavy atom. The van der Waals surface area contributed by atoms with Gasteiger partial charge in [0.2, 0.25) is 5.91 Å². The fraction of sp³-hybridized carbons (Fsp3) is 0.188. The fourth-order valence-electron chi connectivity index (χ4n) is 1.84. The van der Waals surface area contributed by atoms with Crippen LogP contribution in [0.3, 0.4) is 0 Å². The summed E-state index contributed by atoms with van der Waals surface area (Å²) in [5.41, 5.74) is 1.93. The normalized spacial score (nSPS) is 10.2. The van der Waals surface area contributed by atoms with Gasteiger partial charge in [0, 0.05) is 30.8 Å². The SMILES string of the molecule is CNC(=O)c1ccc(Cl)c(NC(=O)CSCc2cccnc2)c1. The quantitative estimate of drug-likeness (QED) is 0.841. The molecule has 0 aliphatic carbocycles. The highest BCUT2D eigenvalue weighted by atomic mass is 35.5. The van der Waals surface area contributed by atoms with E-state index in [1.54, 1.807) is 37.6 Å². The number of halogens is 1. The molecule has 120 valence electrons. The van der Waals surface area contributed by atoms with Gasteiger partial charge >= 0.3 is 0 Å². The smallest absolute Gasteiger partial charge is 0.251 e. The summed E-state index contributed by atoms with van der Waals surface area (Å²) < 4.78 is 0. The molecule has 0 atom stereocenters. The molecule has 1 aromatic heterocycles. The zero-order valence-electron chi connectivity index (χ0n) is 12.5. The minimum absolute atomic E-state index is 0.171. The van der Waals surface area contributed by atoms with Gasteiger partial charge < -0.3 is 10.6 Å². The molecule has 7 heteroatoms. The Morgan fingerprint density at radius 1 is 1.30 bits per heavy atom. The number of amides is 2. The lowest BCUT2D eigenvalue weighted by Gasteiger charge is -2.09. The summed E-state index contributed by atoms with van der Waals surface area (Å²) in [7, 11) is 1.55. The van der Waals surface area contributed by atoms with Crippen molar-refractivity contribution in [2.24, 2.45) is 0 Å². The lowest BCUT2D eigenvalue weighted by molar-refractivity contribution is -0.113. The van der Waals surface area contributed by atoms with E-state index in [0.29, 0.717) is 22.0 Å². The predicted molar refractivity (Wildman–Crippen MR) is 93.9 cm³/mol. The molecule has 2 rings (SSSR count). The first-order chi connectivity index (χ1) is 11.1. The highest BCUT2D eigenvalue weighted by molar-refractivity contribution is 7.99. The summed E-state index contributed by atoms with van der Waals surface area (Å²) in [4.78, 5) is 27.6. The molecule has 23 heavy (non-hydrogen) atoms. The minimum Gasteiger partial charge on any atom is -0.355 e. The molecule has 0 saturated heterocycles. The van der Waals surface area contributed by atoms with Gasteiger partial charge in [0.15, 0.2) is 0 Å². The van der Waals surface area contributed by atoms with Gasteiger partial charge in [-0.15, -0.1) is 11.8 Å². The second-order valence-corrected chi connectivity index (χ2v) is 6.07. The van der Waals surface area contributed by atoms with Gasteiger partial charge in [-0.2, -0.15) is 0 Å². The van der Waals surface area contributed by atoms with Crippen LogP contribution in [-0.4, -0.2) is 29.6 Å². The van der Waals surface area contributed by atoms with E-state index < -0.39 is 0 Å². The van der Waals surface area contributed by atoms with Gasteiger partial charge in [0.05, 0.1) is 16.5 Å². The summed E-state index contributed by atoms with van der Waals surface area (Å²) in [5, 5.41) is 5.65. The number of pyridine rings is 1. The average molecular weight is 350 g/mol. The second kappa shape index (κ2) is 8.55. The number of anilines is 1. The number of hydrogen-bond donors (Lipinski definition) is 2. The molecule has 0 aliphatic heterocycles. The third-order valence-corrected chi connectivity index (χ3v) is 4.29. The molecule has 0 saturated carbocycles. The van der Waals surface area contributed by atoms with E-state index in [4.69, 9.17) is 11.6 Å². The number of rotatable bonds is 6. The van der Waals surface area contributed by atoms with E-state index in [2.05, 4.69) is 15.6 Å². The van der Waals surface area contributed by atoms with E-state index in [-0.39, 0.29) is 17.6 Å². The van der Waals surface area contributed by atoms with Crippen molar-refractivity contribution < 1.29 is 9.59 Å². The highest BCUT2D eigenvalue weighted by Crippen LogP contribution is 2.23. The van der Waals surface area contributed by atoms with Crippen LogP contribution in [-0.2, 0) is 10.5 Å². The van der Waals surface area contributed by atoms with Crippen molar-refractivity contribution in [3.8, 4) is 0 Å². The molecule has 2 N–H and O–H groups in total. The number of thioether (sulfide) groups is 1. The Balaban J connectivity index is 1.91. The first-order valence-electron chi connectivity index (χ1n) is 6.88. The van der Waals surface area contributed by atoms with Crippen molar-refractivity contribution in [3.63, 3.8) is 0 Å². The summed E-state index contributed by atoms with van der Waals surface area (Å²) in [6, 6.07) is 8.57. The number of nitrogens with one attached hydrogen (secondary N) is 2. The molecule has 0 radical (unpaired) electrons. The van der Waals surface area contributed by atoms with Crippen LogP contribution in [0.2, 0.25) is 5.02 Å². The van der Waals surface area contributed by atoms with Crippen LogP contribution < -0.4 is 10.6 Å². The zero-order valence-corrected chi connectivity index (χ0v) is 14.1. The van der Waals surface area contributed by atoms with Crippen molar-refractivity contribution in [2.45, 2.75) is 5.75 Å². The van der Waals surface area contributed by atoms with Crippen molar-refractivity contribution >= 4 is 40.9 Å². The van der Waals surface area contributed by atoms with Crippen LogP contribution in [0.15, 0.2) is 42.7 Å². The van der Waals surface area contributed by atoms with Gasteiger partial charge in [-0.3, -0.25) is 14.6 Å². The minimum atomic E-state index is -0.233. The topological polar surface area (TPSA) is 71.1 Å². The van der Waals surface area contributed by atoms with Crippen LogP contribution in [0.4, 0.5) is 5.69 Å². The molecular weight excluding hydrogens is 334 g/mol. The van der Waals surface area contributed by atoms with Crippen LogP contribution in [0, 0.1) is 0 Å². The third-order valence-electron chi connectivity index (χ3n) is 2.95. The van der Waals surface area contributed by atoms with E-state index in [1.807, 2.05) is 12.1 Å². The number of benzene rings is 1. The highest BCUT2D eigenvalue weighted by Gasteiger charge is 2.10. The number of aromatic nitrogens is 1. The predicted octanol–water partition coefficient (Wildman–Crippen LogP) is 2.97. The average Bonchev–Trinajstić information content (AvgIpc) is 2.57. The van der Waals surface area contributed by atoms with Gasteiger partial charge in [-0.1, -0.05) is 17.7 Å². The second-order valence-electron chi connectivity index (χ2n) is 4.68. The molecule has 1 aromatic carbocycles. The Kier molecular flexibility index (Phi) is 6.43. The zero-order chi connectivity index (χ0) is 16.7. The summed E-state index contributed by atoms with van der Waals surface area (Å²) >= 11 is 7.54. The van der Waals surface area contributed by atoms with Crippen LogP contribution in [0.25, 0.3) is 0 Å². The standard InChI is InChI=1S/C16H16ClN3O2S/c1-18-16(22)12-4-5-13(17)14(7-12)20-15(21)10-23-9-11-3-2-6-19-8-11/h2-8H,9-10H2,1H3,(H,18,22)(H,20,21). The molecule has 5 nitrogen and oxygen atoms in total. The van der Waals surface area contributed by atoms with Crippen molar-refractivity contribution in [1.29, 1.82) is 0 Å². The number of carbonyl (C=O) groups excluding carboxylic acids is 2. The molecule has 0 spiro atoms. The van der Waals surface area contributed by atoms with Gasteiger partial charge in [0.1, 0.15) is 0 Å². The Morgan fingerprint density at radius 2 is 2.13 bits per heavy atom. The molecule has 0 unspecified atom stereocenters. The van der Waals surface area contributed by atoms with E-state index >= 15 is 0 Å². The Hall–Kier alpha value is -2.05. The van der Waals surface area contributed by atoms with Crippen molar-refractivity contribution in [3.05, 3.63) is 58.9 Å². The van der Waals surface area contributed by atoms with E-state index in [0.717, 1.165) is 5.56 Å². The number of hydrogen-bond acceptors (Lipinski definition) is 4. The van der Waals surface area contributed by atoms with Crippen LogP contribution in [0.1, 0.15) is 15.9 Å². The number of nitrogens with zero attached hydrogens (tertiary/aromatic N) is 1. The van der Waals surface area contributed by atoms with E-state index in [1.165, 1.54) is 11.8 Å². The van der Waals surface area contributed by atoms with Crippen LogP contribution in [0.5, 0.6) is 0 Å². The molecule has 0 bridgehead atoms. The van der Waals surface area contributed by atoms with Gasteiger partial charge in [0.25, 0.3) is 5.91 Å². The van der Waals surface area contributed by atoms with Gasteiger partial charge in [-0.05, 0) is 29.8 Å². The fourth-order valence-corrected chi connectivity index (χ4v) is 2.77. The number of carbonyl (C=O) groups is 2. The maximum absolute atomic E-state index is 12.0. The van der Waals surface area contributed by atoms with Gasteiger partial charge in [-0.25, -0.2) is 0 Å². The maximum atomic E-state index is 12.0. The van der Waals surface area contributed by atoms with Crippen LogP contribution >= 0.6 is 23.4 Å².